The number of hydrogen-bond acceptors (Lipinski definition) is 5. The number of aromatic nitrogens is 2. The van der Waals surface area contributed by atoms with Crippen LogP contribution in [0.5, 0.6) is 0 Å². The quantitative estimate of drug-likeness (QED) is 0.781. The van der Waals surface area contributed by atoms with Crippen molar-refractivity contribution in [1.29, 1.82) is 0 Å². The minimum atomic E-state index is -0.126. The van der Waals surface area contributed by atoms with Gasteiger partial charge in [0.05, 0.1) is 11.2 Å². The van der Waals surface area contributed by atoms with Crippen molar-refractivity contribution < 1.29 is 9.90 Å². The Hall–Kier alpha value is -1.79. The molecule has 0 bridgehead atoms. The predicted octanol–water partition coefficient (Wildman–Crippen LogP) is 2.07. The zero-order valence-electron chi connectivity index (χ0n) is 12.7. The van der Waals surface area contributed by atoms with Gasteiger partial charge in [-0.2, -0.15) is 0 Å². The maximum atomic E-state index is 12.1. The summed E-state index contributed by atoms with van der Waals surface area (Å²) in [5.41, 5.74) is 0.916. The molecule has 5 nitrogen and oxygen atoms in total. The van der Waals surface area contributed by atoms with E-state index in [1.54, 1.807) is 12.4 Å². The van der Waals surface area contributed by atoms with Gasteiger partial charge in [0.15, 0.2) is 0 Å². The van der Waals surface area contributed by atoms with Crippen LogP contribution in [0.3, 0.4) is 0 Å². The van der Waals surface area contributed by atoms with Crippen LogP contribution in [0.4, 0.5) is 0 Å². The maximum absolute atomic E-state index is 12.1. The summed E-state index contributed by atoms with van der Waals surface area (Å²) in [7, 11) is 0. The minimum Gasteiger partial charge on any atom is -0.396 e. The number of rotatable bonds is 8. The van der Waals surface area contributed by atoms with Crippen molar-refractivity contribution in [1.82, 2.24) is 15.3 Å². The van der Waals surface area contributed by atoms with Gasteiger partial charge in [0.2, 0.25) is 0 Å². The van der Waals surface area contributed by atoms with Gasteiger partial charge >= 0.3 is 0 Å². The van der Waals surface area contributed by atoms with Gasteiger partial charge in [-0.1, -0.05) is 13.0 Å². The molecule has 0 spiro atoms. The summed E-state index contributed by atoms with van der Waals surface area (Å²) in [5.74, 6) is -0.166. The molecule has 6 heteroatoms. The Balaban J connectivity index is 1.85. The second kappa shape index (κ2) is 8.60. The first-order valence-corrected chi connectivity index (χ1v) is 8.28. The Kier molecular flexibility index (Phi) is 6.48. The second-order valence-electron chi connectivity index (χ2n) is 5.15. The number of nitrogens with one attached hydrogen (secondary N) is 1. The van der Waals surface area contributed by atoms with Crippen LogP contribution in [0.15, 0.2) is 30.6 Å². The fourth-order valence-electron chi connectivity index (χ4n) is 2.08. The van der Waals surface area contributed by atoms with E-state index in [9.17, 15) is 9.90 Å². The fourth-order valence-corrected chi connectivity index (χ4v) is 3.02. The van der Waals surface area contributed by atoms with Crippen LogP contribution in [0, 0.1) is 5.92 Å². The highest BCUT2D eigenvalue weighted by Crippen LogP contribution is 2.14. The summed E-state index contributed by atoms with van der Waals surface area (Å²) in [6.07, 6.45) is 5.91. The molecule has 0 fully saturated rings. The number of pyridine rings is 1. The number of aryl methyl sites for hydroxylation is 1. The molecule has 1 unspecified atom stereocenters. The zero-order chi connectivity index (χ0) is 15.8. The van der Waals surface area contributed by atoms with Gasteiger partial charge < -0.3 is 10.4 Å². The van der Waals surface area contributed by atoms with E-state index in [1.807, 2.05) is 18.2 Å². The third kappa shape index (κ3) is 4.89. The highest BCUT2D eigenvalue weighted by atomic mass is 32.1. The lowest BCUT2D eigenvalue weighted by Crippen LogP contribution is -2.31. The van der Waals surface area contributed by atoms with Crippen molar-refractivity contribution in [3.05, 3.63) is 46.2 Å². The first-order chi connectivity index (χ1) is 10.7. The first kappa shape index (κ1) is 16.6. The smallest absolute Gasteiger partial charge is 0.263 e. The molecule has 2 heterocycles. The van der Waals surface area contributed by atoms with E-state index in [0.29, 0.717) is 17.8 Å². The molecule has 0 aliphatic heterocycles. The molecule has 118 valence electrons. The van der Waals surface area contributed by atoms with Gasteiger partial charge in [-0.15, -0.1) is 11.3 Å². The molecule has 1 amide bonds. The van der Waals surface area contributed by atoms with E-state index in [4.69, 9.17) is 0 Å². The van der Waals surface area contributed by atoms with Crippen LogP contribution in [-0.4, -0.2) is 34.1 Å². The van der Waals surface area contributed by atoms with E-state index in [-0.39, 0.29) is 18.4 Å². The van der Waals surface area contributed by atoms with Crippen molar-refractivity contribution in [3.63, 3.8) is 0 Å². The molecule has 1 atom stereocenters. The Labute approximate surface area is 134 Å². The monoisotopic (exact) mass is 319 g/mol. The summed E-state index contributed by atoms with van der Waals surface area (Å²) in [5, 5.41) is 13.3. The molecule has 0 aliphatic rings. The van der Waals surface area contributed by atoms with Gasteiger partial charge in [0, 0.05) is 31.0 Å². The molecule has 0 saturated heterocycles. The van der Waals surface area contributed by atoms with Crippen LogP contribution < -0.4 is 5.32 Å². The Morgan fingerprint density at radius 1 is 1.41 bits per heavy atom. The largest absolute Gasteiger partial charge is 0.396 e. The number of carbonyl (C=O) groups excluding carboxylic acids is 1. The van der Waals surface area contributed by atoms with Crippen LogP contribution in [0.2, 0.25) is 0 Å². The van der Waals surface area contributed by atoms with Crippen LogP contribution in [0.1, 0.15) is 33.7 Å². The molecule has 0 radical (unpaired) electrons. The third-order valence-corrected chi connectivity index (χ3v) is 4.33. The van der Waals surface area contributed by atoms with Gasteiger partial charge in [-0.25, -0.2) is 4.98 Å². The van der Waals surface area contributed by atoms with Gasteiger partial charge in [0.25, 0.3) is 5.91 Å². The van der Waals surface area contributed by atoms with Crippen LogP contribution in [-0.2, 0) is 12.8 Å². The molecule has 2 rings (SSSR count). The van der Waals surface area contributed by atoms with Crippen LogP contribution in [0.25, 0.3) is 0 Å². The minimum absolute atomic E-state index is 0.0145. The molecular weight excluding hydrogens is 298 g/mol. The van der Waals surface area contributed by atoms with Gasteiger partial charge in [-0.05, 0) is 31.4 Å². The van der Waals surface area contributed by atoms with E-state index in [2.05, 4.69) is 22.2 Å². The Morgan fingerprint density at radius 3 is 2.95 bits per heavy atom. The lowest BCUT2D eigenvalue weighted by Gasteiger charge is -2.14. The predicted molar refractivity (Wildman–Crippen MR) is 87.0 cm³/mol. The van der Waals surface area contributed by atoms with Crippen molar-refractivity contribution in [3.8, 4) is 0 Å². The number of hydrogen-bond donors (Lipinski definition) is 2. The average molecular weight is 319 g/mol. The van der Waals surface area contributed by atoms with Gasteiger partial charge in [-0.3, -0.25) is 9.78 Å². The van der Waals surface area contributed by atoms with E-state index in [0.717, 1.165) is 23.5 Å². The summed E-state index contributed by atoms with van der Waals surface area (Å²) >= 11 is 1.43. The van der Waals surface area contributed by atoms with Crippen molar-refractivity contribution in [2.45, 2.75) is 26.2 Å². The summed E-state index contributed by atoms with van der Waals surface area (Å²) in [6, 6.07) is 5.70. The van der Waals surface area contributed by atoms with Crippen molar-refractivity contribution in [2.75, 3.05) is 13.2 Å². The maximum Gasteiger partial charge on any atom is 0.263 e. The Morgan fingerprint density at radius 2 is 2.27 bits per heavy atom. The normalized spacial score (nSPS) is 12.1. The molecule has 2 aromatic rings. The molecule has 22 heavy (non-hydrogen) atoms. The van der Waals surface area contributed by atoms with Crippen LogP contribution >= 0.6 is 11.3 Å². The molecule has 0 saturated carbocycles. The molecular formula is C16H21N3O2S. The number of carbonyl (C=O) groups is 1. The standard InChI is InChI=1S/C16H21N3O2S/c1-2-5-15-18-10-14(22-15)16(21)19-9-12(11-20)8-13-6-3-4-7-17-13/h3-4,6-7,10,12,20H,2,5,8-9,11H2,1H3,(H,19,21). The Bertz CT molecular complexity index is 586. The highest BCUT2D eigenvalue weighted by Gasteiger charge is 2.14. The lowest BCUT2D eigenvalue weighted by atomic mass is 10.0. The number of aliphatic hydroxyl groups is 1. The number of amides is 1. The van der Waals surface area contributed by atoms with E-state index < -0.39 is 0 Å². The number of thiazole rings is 1. The molecule has 2 N–H and O–H groups in total. The summed E-state index contributed by atoms with van der Waals surface area (Å²) in [4.78, 5) is 21.2. The number of aliphatic hydroxyl groups excluding tert-OH is 1. The SMILES string of the molecule is CCCc1ncc(C(=O)NCC(CO)Cc2ccccn2)s1. The number of nitrogens with zero attached hydrogens (tertiary/aromatic N) is 2. The van der Waals surface area contributed by atoms with Crippen molar-refractivity contribution in [2.24, 2.45) is 5.92 Å². The third-order valence-electron chi connectivity index (χ3n) is 3.27. The molecule has 0 aromatic carbocycles. The second-order valence-corrected chi connectivity index (χ2v) is 6.27. The topological polar surface area (TPSA) is 75.1 Å². The average Bonchev–Trinajstić information content (AvgIpc) is 3.01. The van der Waals surface area contributed by atoms with E-state index >= 15 is 0 Å². The fraction of sp³-hybridized carbons (Fsp3) is 0.438. The molecule has 2 aromatic heterocycles. The highest BCUT2D eigenvalue weighted by molar-refractivity contribution is 7.13. The lowest BCUT2D eigenvalue weighted by molar-refractivity contribution is 0.0943. The van der Waals surface area contributed by atoms with Crippen molar-refractivity contribution >= 4 is 17.2 Å². The summed E-state index contributed by atoms with van der Waals surface area (Å²) < 4.78 is 0. The van der Waals surface area contributed by atoms with E-state index in [1.165, 1.54) is 11.3 Å². The first-order valence-electron chi connectivity index (χ1n) is 7.46. The molecule has 0 aliphatic carbocycles. The summed E-state index contributed by atoms with van der Waals surface area (Å²) in [6.45, 7) is 2.53. The zero-order valence-corrected chi connectivity index (χ0v) is 13.5. The van der Waals surface area contributed by atoms with Gasteiger partial charge in [0.1, 0.15) is 4.88 Å².